The molecule has 0 aliphatic carbocycles. The van der Waals surface area contributed by atoms with E-state index in [-0.39, 0.29) is 6.04 Å². The Morgan fingerprint density at radius 2 is 1.81 bits per heavy atom. The average molecular weight is 293 g/mol. The number of nitrogens with one attached hydrogen (secondary N) is 1. The van der Waals surface area contributed by atoms with Gasteiger partial charge in [-0.15, -0.1) is 0 Å². The van der Waals surface area contributed by atoms with Crippen LogP contribution in [0.1, 0.15) is 24.2 Å². The van der Waals surface area contributed by atoms with Crippen LogP contribution in [0.25, 0.3) is 0 Å². The molecule has 0 bridgehead atoms. The van der Waals surface area contributed by atoms with E-state index in [1.807, 2.05) is 6.92 Å². The second-order valence-corrected chi connectivity index (χ2v) is 4.54. The fourth-order valence-electron chi connectivity index (χ4n) is 2.21. The molecule has 1 aromatic carbocycles. The highest BCUT2D eigenvalue weighted by Gasteiger charge is 2.19. The molecule has 2 rings (SSSR count). The maximum atomic E-state index is 13.3. The number of aromatic nitrogens is 2. The zero-order valence-electron chi connectivity index (χ0n) is 11.9. The lowest BCUT2D eigenvalue weighted by Crippen LogP contribution is -2.25. The molecule has 1 N–H and O–H groups in total. The van der Waals surface area contributed by atoms with Gasteiger partial charge in [-0.2, -0.15) is 0 Å². The Kier molecular flexibility index (Phi) is 5.16. The molecule has 0 saturated heterocycles. The van der Waals surface area contributed by atoms with E-state index in [1.54, 1.807) is 6.20 Å². The van der Waals surface area contributed by atoms with Gasteiger partial charge in [-0.1, -0.05) is 6.92 Å². The van der Waals surface area contributed by atoms with Gasteiger partial charge in [-0.25, -0.2) is 13.8 Å². The molecule has 0 fully saturated rings. The van der Waals surface area contributed by atoms with E-state index in [2.05, 4.69) is 15.3 Å². The van der Waals surface area contributed by atoms with Crippen LogP contribution in [0.4, 0.5) is 8.78 Å². The van der Waals surface area contributed by atoms with E-state index in [9.17, 15) is 8.78 Å². The molecule has 21 heavy (non-hydrogen) atoms. The van der Waals surface area contributed by atoms with Crippen molar-refractivity contribution in [1.29, 1.82) is 0 Å². The van der Waals surface area contributed by atoms with Gasteiger partial charge in [0, 0.05) is 18.5 Å². The van der Waals surface area contributed by atoms with Crippen molar-refractivity contribution in [2.45, 2.75) is 19.4 Å². The number of hydrogen-bond acceptors (Lipinski definition) is 4. The normalized spacial score (nSPS) is 12.2. The van der Waals surface area contributed by atoms with E-state index < -0.39 is 11.6 Å². The van der Waals surface area contributed by atoms with Crippen molar-refractivity contribution >= 4 is 0 Å². The Labute approximate surface area is 122 Å². The molecule has 1 heterocycles. The summed E-state index contributed by atoms with van der Waals surface area (Å²) in [5.41, 5.74) is 1.16. The number of halogens is 2. The fourth-order valence-corrected chi connectivity index (χ4v) is 2.21. The Bertz CT molecular complexity index is 587. The minimum absolute atomic E-state index is 0.236. The third-order valence-electron chi connectivity index (χ3n) is 3.03. The van der Waals surface area contributed by atoms with Crippen molar-refractivity contribution in [3.05, 3.63) is 53.5 Å². The van der Waals surface area contributed by atoms with E-state index in [0.29, 0.717) is 30.1 Å². The van der Waals surface area contributed by atoms with E-state index in [4.69, 9.17) is 4.74 Å². The molecule has 2 aromatic rings. The second kappa shape index (κ2) is 7.08. The summed E-state index contributed by atoms with van der Waals surface area (Å²) in [6, 6.07) is 3.25. The first-order valence-corrected chi connectivity index (χ1v) is 6.67. The summed E-state index contributed by atoms with van der Waals surface area (Å²) in [5.74, 6) is -0.780. The van der Waals surface area contributed by atoms with Crippen LogP contribution in [0, 0.1) is 11.6 Å². The Balaban J connectivity index is 2.30. The van der Waals surface area contributed by atoms with Gasteiger partial charge in [0.2, 0.25) is 5.88 Å². The van der Waals surface area contributed by atoms with Crippen molar-refractivity contribution in [1.82, 2.24) is 15.3 Å². The van der Waals surface area contributed by atoms with Crippen molar-refractivity contribution < 1.29 is 13.5 Å². The molecule has 0 aliphatic heterocycles. The van der Waals surface area contributed by atoms with Gasteiger partial charge in [0.05, 0.1) is 13.2 Å². The van der Waals surface area contributed by atoms with Crippen LogP contribution >= 0.6 is 0 Å². The van der Waals surface area contributed by atoms with Gasteiger partial charge in [0.15, 0.2) is 0 Å². The maximum Gasteiger partial charge on any atom is 0.237 e. The van der Waals surface area contributed by atoms with Crippen LogP contribution in [0.5, 0.6) is 5.88 Å². The Morgan fingerprint density at radius 1 is 1.14 bits per heavy atom. The monoisotopic (exact) mass is 293 g/mol. The third-order valence-corrected chi connectivity index (χ3v) is 3.03. The van der Waals surface area contributed by atoms with Crippen LogP contribution in [-0.4, -0.2) is 23.6 Å². The predicted molar refractivity (Wildman–Crippen MR) is 75.1 cm³/mol. The SMILES string of the molecule is CCNC(Cc1cc(F)cc(F)c1)c1nccnc1OC. The average Bonchev–Trinajstić information content (AvgIpc) is 2.45. The van der Waals surface area contributed by atoms with Crippen molar-refractivity contribution in [3.63, 3.8) is 0 Å². The van der Waals surface area contributed by atoms with Gasteiger partial charge < -0.3 is 10.1 Å². The van der Waals surface area contributed by atoms with Crippen LogP contribution in [0.2, 0.25) is 0 Å². The van der Waals surface area contributed by atoms with Gasteiger partial charge >= 0.3 is 0 Å². The van der Waals surface area contributed by atoms with Gasteiger partial charge in [0.25, 0.3) is 0 Å². The number of nitrogens with zero attached hydrogens (tertiary/aromatic N) is 2. The number of ether oxygens (including phenoxy) is 1. The zero-order valence-corrected chi connectivity index (χ0v) is 11.9. The van der Waals surface area contributed by atoms with Crippen molar-refractivity contribution in [2.75, 3.05) is 13.7 Å². The molecule has 1 unspecified atom stereocenters. The molecular weight excluding hydrogens is 276 g/mol. The molecule has 1 atom stereocenters. The predicted octanol–water partition coefficient (Wildman–Crippen LogP) is 2.66. The largest absolute Gasteiger partial charge is 0.480 e. The number of likely N-dealkylation sites (N-methyl/N-ethyl adjacent to an activating group) is 1. The molecule has 0 spiro atoms. The summed E-state index contributed by atoms with van der Waals surface area (Å²) in [6.45, 7) is 2.63. The molecule has 0 amide bonds. The standard InChI is InChI=1S/C15H17F2N3O/c1-3-18-13(14-15(21-2)20-5-4-19-14)8-10-6-11(16)9-12(17)7-10/h4-7,9,13,18H,3,8H2,1-2H3. The second-order valence-electron chi connectivity index (χ2n) is 4.54. The molecule has 112 valence electrons. The van der Waals surface area contributed by atoms with Gasteiger partial charge in [-0.05, 0) is 30.7 Å². The van der Waals surface area contributed by atoms with Crippen molar-refractivity contribution in [2.24, 2.45) is 0 Å². The van der Waals surface area contributed by atoms with E-state index in [0.717, 1.165) is 6.07 Å². The molecule has 1 aromatic heterocycles. The molecule has 6 heteroatoms. The van der Waals surface area contributed by atoms with Crippen LogP contribution in [0.15, 0.2) is 30.6 Å². The lowest BCUT2D eigenvalue weighted by atomic mass is 10.0. The highest BCUT2D eigenvalue weighted by Crippen LogP contribution is 2.24. The molecule has 0 saturated carbocycles. The first-order chi connectivity index (χ1) is 10.1. The summed E-state index contributed by atoms with van der Waals surface area (Å²) >= 11 is 0. The van der Waals surface area contributed by atoms with Crippen LogP contribution in [0.3, 0.4) is 0 Å². The van der Waals surface area contributed by atoms with Gasteiger partial charge in [0.1, 0.15) is 17.3 Å². The number of rotatable bonds is 6. The van der Waals surface area contributed by atoms with E-state index in [1.165, 1.54) is 25.4 Å². The van der Waals surface area contributed by atoms with Crippen LogP contribution < -0.4 is 10.1 Å². The highest BCUT2D eigenvalue weighted by atomic mass is 19.1. The van der Waals surface area contributed by atoms with Crippen molar-refractivity contribution in [3.8, 4) is 5.88 Å². The van der Waals surface area contributed by atoms with Gasteiger partial charge in [-0.3, -0.25) is 4.98 Å². The summed E-state index contributed by atoms with van der Waals surface area (Å²) in [5, 5.41) is 3.23. The number of methoxy groups -OCH3 is 1. The lowest BCUT2D eigenvalue weighted by molar-refractivity contribution is 0.377. The zero-order chi connectivity index (χ0) is 15.2. The molecule has 4 nitrogen and oxygen atoms in total. The minimum Gasteiger partial charge on any atom is -0.480 e. The summed E-state index contributed by atoms with van der Waals surface area (Å²) in [7, 11) is 1.51. The number of hydrogen-bond donors (Lipinski definition) is 1. The smallest absolute Gasteiger partial charge is 0.237 e. The van der Waals surface area contributed by atoms with Crippen LogP contribution in [-0.2, 0) is 6.42 Å². The maximum absolute atomic E-state index is 13.3. The minimum atomic E-state index is -0.591. The van der Waals surface area contributed by atoms with E-state index >= 15 is 0 Å². The third kappa shape index (κ3) is 3.95. The lowest BCUT2D eigenvalue weighted by Gasteiger charge is -2.19. The summed E-state index contributed by atoms with van der Waals surface area (Å²) < 4.78 is 31.8. The highest BCUT2D eigenvalue weighted by molar-refractivity contribution is 5.26. The Morgan fingerprint density at radius 3 is 2.43 bits per heavy atom. The summed E-state index contributed by atoms with van der Waals surface area (Å²) in [4.78, 5) is 8.38. The molecular formula is C15H17F2N3O. The summed E-state index contributed by atoms with van der Waals surface area (Å²) in [6.07, 6.45) is 3.49. The molecule has 0 radical (unpaired) electrons. The Hall–Kier alpha value is -2.08. The first-order valence-electron chi connectivity index (χ1n) is 6.67. The fraction of sp³-hybridized carbons (Fsp3) is 0.333. The number of benzene rings is 1. The first kappa shape index (κ1) is 15.3. The topological polar surface area (TPSA) is 47.0 Å². The molecule has 0 aliphatic rings. The quantitative estimate of drug-likeness (QED) is 0.889.